The zero-order chi connectivity index (χ0) is 14.4. The summed E-state index contributed by atoms with van der Waals surface area (Å²) in [5.74, 6) is 0.320. The number of rotatable bonds is 5. The molecule has 0 aromatic heterocycles. The van der Waals surface area contributed by atoms with Gasteiger partial charge in [0.25, 0.3) is 0 Å². The Morgan fingerprint density at radius 3 is 2.80 bits per heavy atom. The minimum absolute atomic E-state index is 0.301. The molecule has 1 aliphatic heterocycles. The fourth-order valence-electron chi connectivity index (χ4n) is 3.28. The number of hydrogen-bond donors (Lipinski definition) is 1. The molecule has 1 N–H and O–H groups in total. The first-order chi connectivity index (χ1) is 9.66. The largest absolute Gasteiger partial charge is 0.338 e. The second-order valence-electron chi connectivity index (χ2n) is 6.57. The van der Waals surface area contributed by atoms with Gasteiger partial charge in [0.15, 0.2) is 0 Å². The zero-order valence-electron chi connectivity index (χ0n) is 13.2. The van der Waals surface area contributed by atoms with Crippen LogP contribution in [-0.4, -0.2) is 36.0 Å². The third-order valence-electron chi connectivity index (χ3n) is 4.54. The molecule has 0 radical (unpaired) electrons. The van der Waals surface area contributed by atoms with E-state index < -0.39 is 0 Å². The molecule has 1 aliphatic carbocycles. The SMILES string of the molecule is CC(C)N(CC1CCCCN1)C(=O)CC1=CCCCC1. The molecule has 3 nitrogen and oxygen atoms in total. The van der Waals surface area contributed by atoms with E-state index in [1.54, 1.807) is 0 Å². The van der Waals surface area contributed by atoms with Crippen molar-refractivity contribution in [3.05, 3.63) is 11.6 Å². The van der Waals surface area contributed by atoms with Crippen LogP contribution in [0.15, 0.2) is 11.6 Å². The van der Waals surface area contributed by atoms with Gasteiger partial charge in [-0.2, -0.15) is 0 Å². The fraction of sp³-hybridized carbons (Fsp3) is 0.824. The van der Waals surface area contributed by atoms with Crippen LogP contribution in [-0.2, 0) is 4.79 Å². The molecule has 0 spiro atoms. The molecular weight excluding hydrogens is 248 g/mol. The summed E-state index contributed by atoms with van der Waals surface area (Å²) in [6.45, 7) is 6.26. The Labute approximate surface area is 123 Å². The minimum Gasteiger partial charge on any atom is -0.338 e. The van der Waals surface area contributed by atoms with Gasteiger partial charge in [0.2, 0.25) is 5.91 Å². The summed E-state index contributed by atoms with van der Waals surface area (Å²) in [6.07, 6.45) is 11.5. The molecule has 1 heterocycles. The minimum atomic E-state index is 0.301. The fourth-order valence-corrected chi connectivity index (χ4v) is 3.28. The average molecular weight is 278 g/mol. The summed E-state index contributed by atoms with van der Waals surface area (Å²) >= 11 is 0. The summed E-state index contributed by atoms with van der Waals surface area (Å²) in [6, 6.07) is 0.797. The smallest absolute Gasteiger partial charge is 0.226 e. The molecule has 0 aromatic carbocycles. The third-order valence-corrected chi connectivity index (χ3v) is 4.54. The Hall–Kier alpha value is -0.830. The first-order valence-electron chi connectivity index (χ1n) is 8.37. The van der Waals surface area contributed by atoms with Crippen LogP contribution in [0.5, 0.6) is 0 Å². The van der Waals surface area contributed by atoms with E-state index in [2.05, 4.69) is 30.1 Å². The summed E-state index contributed by atoms with van der Waals surface area (Å²) < 4.78 is 0. The first-order valence-corrected chi connectivity index (χ1v) is 8.37. The highest BCUT2D eigenvalue weighted by atomic mass is 16.2. The highest BCUT2D eigenvalue weighted by Gasteiger charge is 2.23. The highest BCUT2D eigenvalue weighted by molar-refractivity contribution is 5.79. The van der Waals surface area contributed by atoms with Crippen LogP contribution in [0, 0.1) is 0 Å². The van der Waals surface area contributed by atoms with Crippen molar-refractivity contribution in [3.8, 4) is 0 Å². The molecule has 0 bridgehead atoms. The first kappa shape index (κ1) is 15.6. The number of allylic oxidation sites excluding steroid dienone is 1. The van der Waals surface area contributed by atoms with Gasteiger partial charge < -0.3 is 10.2 Å². The number of amides is 1. The van der Waals surface area contributed by atoms with Crippen LogP contribution in [0.4, 0.5) is 0 Å². The Balaban J connectivity index is 1.89. The molecule has 1 unspecified atom stereocenters. The second kappa shape index (κ2) is 7.82. The van der Waals surface area contributed by atoms with Crippen molar-refractivity contribution in [2.24, 2.45) is 0 Å². The van der Waals surface area contributed by atoms with Crippen molar-refractivity contribution < 1.29 is 4.79 Å². The Bertz CT molecular complexity index is 343. The highest BCUT2D eigenvalue weighted by Crippen LogP contribution is 2.21. The van der Waals surface area contributed by atoms with Crippen molar-refractivity contribution in [3.63, 3.8) is 0 Å². The van der Waals surface area contributed by atoms with Gasteiger partial charge in [-0.3, -0.25) is 4.79 Å². The zero-order valence-corrected chi connectivity index (χ0v) is 13.2. The lowest BCUT2D eigenvalue weighted by Crippen LogP contribution is -2.48. The monoisotopic (exact) mass is 278 g/mol. The lowest BCUT2D eigenvalue weighted by atomic mass is 9.96. The standard InChI is InChI=1S/C17H30N2O/c1-14(2)19(13-16-10-6-7-11-18-16)17(20)12-15-8-4-3-5-9-15/h8,14,16,18H,3-7,9-13H2,1-2H3. The van der Waals surface area contributed by atoms with Gasteiger partial charge in [-0.1, -0.05) is 18.1 Å². The third kappa shape index (κ3) is 4.62. The molecule has 114 valence electrons. The van der Waals surface area contributed by atoms with E-state index >= 15 is 0 Å². The van der Waals surface area contributed by atoms with Crippen molar-refractivity contribution in [2.75, 3.05) is 13.1 Å². The van der Waals surface area contributed by atoms with Crippen LogP contribution in [0.2, 0.25) is 0 Å². The average Bonchev–Trinajstić information content (AvgIpc) is 2.46. The van der Waals surface area contributed by atoms with Crippen LogP contribution < -0.4 is 5.32 Å². The molecule has 1 amide bonds. The Morgan fingerprint density at radius 2 is 2.20 bits per heavy atom. The van der Waals surface area contributed by atoms with Crippen molar-refractivity contribution >= 4 is 5.91 Å². The number of hydrogen-bond acceptors (Lipinski definition) is 2. The lowest BCUT2D eigenvalue weighted by Gasteiger charge is -2.33. The normalized spacial score (nSPS) is 23.6. The van der Waals surface area contributed by atoms with Gasteiger partial charge in [-0.05, 0) is 58.9 Å². The molecule has 0 aromatic rings. The van der Waals surface area contributed by atoms with E-state index in [1.807, 2.05) is 0 Å². The predicted molar refractivity (Wildman–Crippen MR) is 83.7 cm³/mol. The van der Waals surface area contributed by atoms with E-state index in [1.165, 1.54) is 37.7 Å². The quantitative estimate of drug-likeness (QED) is 0.783. The van der Waals surface area contributed by atoms with Crippen LogP contribution in [0.1, 0.15) is 65.2 Å². The number of piperidine rings is 1. The summed E-state index contributed by atoms with van der Waals surface area (Å²) in [5, 5.41) is 3.55. The van der Waals surface area contributed by atoms with E-state index in [0.29, 0.717) is 24.4 Å². The molecule has 3 heteroatoms. The second-order valence-corrected chi connectivity index (χ2v) is 6.57. The predicted octanol–water partition coefficient (Wildman–Crippen LogP) is 3.26. The number of carbonyl (C=O) groups is 1. The maximum Gasteiger partial charge on any atom is 0.226 e. The maximum absolute atomic E-state index is 12.6. The lowest BCUT2D eigenvalue weighted by molar-refractivity contribution is -0.132. The molecule has 2 rings (SSSR count). The van der Waals surface area contributed by atoms with Gasteiger partial charge in [0, 0.05) is 25.0 Å². The summed E-state index contributed by atoms with van der Waals surface area (Å²) in [5.41, 5.74) is 1.36. The van der Waals surface area contributed by atoms with E-state index in [0.717, 1.165) is 25.9 Å². The number of nitrogens with one attached hydrogen (secondary N) is 1. The van der Waals surface area contributed by atoms with Gasteiger partial charge in [0.1, 0.15) is 0 Å². The maximum atomic E-state index is 12.6. The van der Waals surface area contributed by atoms with E-state index in [4.69, 9.17) is 0 Å². The van der Waals surface area contributed by atoms with Crippen molar-refractivity contribution in [2.45, 2.75) is 77.3 Å². The Kier molecular flexibility index (Phi) is 6.08. The van der Waals surface area contributed by atoms with Crippen LogP contribution >= 0.6 is 0 Å². The van der Waals surface area contributed by atoms with Gasteiger partial charge in [-0.15, -0.1) is 0 Å². The number of carbonyl (C=O) groups excluding carboxylic acids is 1. The molecule has 1 atom stereocenters. The number of nitrogens with zero attached hydrogens (tertiary/aromatic N) is 1. The molecule has 1 saturated heterocycles. The van der Waals surface area contributed by atoms with Crippen LogP contribution in [0.25, 0.3) is 0 Å². The van der Waals surface area contributed by atoms with Gasteiger partial charge in [-0.25, -0.2) is 0 Å². The molecule has 20 heavy (non-hydrogen) atoms. The molecule has 0 saturated carbocycles. The van der Waals surface area contributed by atoms with Gasteiger partial charge >= 0.3 is 0 Å². The van der Waals surface area contributed by atoms with E-state index in [9.17, 15) is 4.79 Å². The molecular formula is C17H30N2O. The topological polar surface area (TPSA) is 32.3 Å². The van der Waals surface area contributed by atoms with E-state index in [-0.39, 0.29) is 0 Å². The molecule has 2 aliphatic rings. The van der Waals surface area contributed by atoms with Crippen LogP contribution in [0.3, 0.4) is 0 Å². The Morgan fingerprint density at radius 1 is 1.35 bits per heavy atom. The summed E-state index contributed by atoms with van der Waals surface area (Å²) in [4.78, 5) is 14.7. The van der Waals surface area contributed by atoms with Crippen molar-refractivity contribution in [1.82, 2.24) is 10.2 Å². The molecule has 1 fully saturated rings. The summed E-state index contributed by atoms with van der Waals surface area (Å²) in [7, 11) is 0. The van der Waals surface area contributed by atoms with Gasteiger partial charge in [0.05, 0.1) is 0 Å². The van der Waals surface area contributed by atoms with Crippen molar-refractivity contribution in [1.29, 1.82) is 0 Å².